The third-order valence-electron chi connectivity index (χ3n) is 2.87. The topological polar surface area (TPSA) is 47.2 Å². The first-order valence-corrected chi connectivity index (χ1v) is 6.18. The summed E-state index contributed by atoms with van der Waals surface area (Å²) in [5.41, 5.74) is 2.10. The molecule has 0 amide bonds. The Bertz CT molecular complexity index is 569. The molecule has 0 radical (unpaired) electrons. The molecular formula is C14H18N2O2. The summed E-state index contributed by atoms with van der Waals surface area (Å²) in [6.45, 7) is 5.44. The highest BCUT2D eigenvalue weighted by atomic mass is 16.3. The molecule has 2 aromatic heterocycles. The van der Waals surface area contributed by atoms with Gasteiger partial charge in [-0.25, -0.2) is 0 Å². The summed E-state index contributed by atoms with van der Waals surface area (Å²) >= 11 is 0. The molecule has 96 valence electrons. The molecular weight excluding hydrogens is 228 g/mol. The lowest BCUT2D eigenvalue weighted by Gasteiger charge is -2.08. The summed E-state index contributed by atoms with van der Waals surface area (Å²) in [6, 6.07) is 5.33. The van der Waals surface area contributed by atoms with Gasteiger partial charge in [0.1, 0.15) is 5.76 Å². The van der Waals surface area contributed by atoms with Crippen molar-refractivity contribution >= 4 is 5.69 Å². The Morgan fingerprint density at radius 3 is 2.83 bits per heavy atom. The van der Waals surface area contributed by atoms with Gasteiger partial charge in [-0.2, -0.15) is 0 Å². The van der Waals surface area contributed by atoms with Crippen LogP contribution in [-0.4, -0.2) is 4.57 Å². The van der Waals surface area contributed by atoms with Crippen molar-refractivity contribution in [3.63, 3.8) is 0 Å². The molecule has 0 aliphatic rings. The van der Waals surface area contributed by atoms with E-state index >= 15 is 0 Å². The highest BCUT2D eigenvalue weighted by Crippen LogP contribution is 2.12. The number of hydrogen-bond acceptors (Lipinski definition) is 3. The van der Waals surface area contributed by atoms with Crippen LogP contribution in [0.2, 0.25) is 0 Å². The van der Waals surface area contributed by atoms with E-state index in [-0.39, 0.29) is 5.56 Å². The lowest BCUT2D eigenvalue weighted by molar-refractivity contribution is 0.515. The van der Waals surface area contributed by atoms with Crippen molar-refractivity contribution in [3.8, 4) is 0 Å². The molecule has 0 aliphatic carbocycles. The second-order valence-electron chi connectivity index (χ2n) is 4.33. The van der Waals surface area contributed by atoms with Crippen molar-refractivity contribution in [1.29, 1.82) is 0 Å². The van der Waals surface area contributed by atoms with Crippen molar-refractivity contribution in [1.82, 2.24) is 4.57 Å². The first kappa shape index (κ1) is 12.5. The molecule has 0 bridgehead atoms. The molecule has 4 nitrogen and oxygen atoms in total. The van der Waals surface area contributed by atoms with E-state index in [0.717, 1.165) is 30.0 Å². The molecule has 2 aromatic rings. The lowest BCUT2D eigenvalue weighted by Crippen LogP contribution is -2.18. The van der Waals surface area contributed by atoms with Crippen LogP contribution in [0.1, 0.15) is 24.7 Å². The van der Waals surface area contributed by atoms with Gasteiger partial charge in [-0.1, -0.05) is 6.92 Å². The van der Waals surface area contributed by atoms with Crippen molar-refractivity contribution in [2.24, 2.45) is 0 Å². The Morgan fingerprint density at radius 1 is 1.33 bits per heavy atom. The summed E-state index contributed by atoms with van der Waals surface area (Å²) in [5.74, 6) is 0.920. The van der Waals surface area contributed by atoms with Crippen LogP contribution < -0.4 is 10.9 Å². The van der Waals surface area contributed by atoms with Gasteiger partial charge in [-0.3, -0.25) is 4.79 Å². The molecule has 1 N–H and O–H groups in total. The normalized spacial score (nSPS) is 10.6. The highest BCUT2D eigenvalue weighted by molar-refractivity contribution is 5.40. The molecule has 0 atom stereocenters. The second kappa shape index (κ2) is 5.58. The quantitative estimate of drug-likeness (QED) is 0.882. The van der Waals surface area contributed by atoms with E-state index in [9.17, 15) is 4.79 Å². The molecule has 2 rings (SSSR count). The highest BCUT2D eigenvalue weighted by Gasteiger charge is 2.02. The molecule has 0 spiro atoms. The fraction of sp³-hybridized carbons (Fsp3) is 0.357. The average Bonchev–Trinajstić information content (AvgIpc) is 2.76. The van der Waals surface area contributed by atoms with E-state index in [0.29, 0.717) is 6.54 Å². The Hall–Kier alpha value is -1.97. The third-order valence-corrected chi connectivity index (χ3v) is 2.87. The summed E-state index contributed by atoms with van der Waals surface area (Å²) in [4.78, 5) is 11.6. The summed E-state index contributed by atoms with van der Waals surface area (Å²) < 4.78 is 7.08. The number of nitrogens with zero attached hydrogens (tertiary/aromatic N) is 1. The maximum atomic E-state index is 11.6. The largest absolute Gasteiger partial charge is 0.467 e. The van der Waals surface area contributed by atoms with E-state index in [1.54, 1.807) is 23.0 Å². The van der Waals surface area contributed by atoms with Gasteiger partial charge < -0.3 is 14.3 Å². The van der Waals surface area contributed by atoms with Gasteiger partial charge in [0.05, 0.1) is 18.5 Å². The fourth-order valence-corrected chi connectivity index (χ4v) is 1.82. The van der Waals surface area contributed by atoms with Crippen molar-refractivity contribution in [2.75, 3.05) is 5.32 Å². The molecule has 4 heteroatoms. The Kier molecular flexibility index (Phi) is 3.87. The fourth-order valence-electron chi connectivity index (χ4n) is 1.82. The number of pyridine rings is 1. The molecule has 18 heavy (non-hydrogen) atoms. The zero-order valence-electron chi connectivity index (χ0n) is 10.8. The predicted molar refractivity (Wildman–Crippen MR) is 71.8 cm³/mol. The molecule has 0 fully saturated rings. The van der Waals surface area contributed by atoms with E-state index in [1.807, 2.05) is 19.2 Å². The lowest BCUT2D eigenvalue weighted by atomic mass is 10.3. The minimum absolute atomic E-state index is 0.0385. The van der Waals surface area contributed by atoms with Gasteiger partial charge in [-0.15, -0.1) is 0 Å². The van der Waals surface area contributed by atoms with E-state index in [1.165, 1.54) is 0 Å². The van der Waals surface area contributed by atoms with Crippen LogP contribution in [0, 0.1) is 6.92 Å². The van der Waals surface area contributed by atoms with Gasteiger partial charge in [0.2, 0.25) is 0 Å². The monoisotopic (exact) mass is 246 g/mol. The Balaban J connectivity index is 2.08. The smallest absolute Gasteiger partial charge is 0.250 e. The summed E-state index contributed by atoms with van der Waals surface area (Å²) in [5, 5.41) is 3.26. The first-order chi connectivity index (χ1) is 8.70. The standard InChI is InChI=1S/C14H18N2O2/c1-3-7-16-10-12(4-5-14(16)17)15-9-13-11(2)6-8-18-13/h4-6,8,10,15H,3,7,9H2,1-2H3. The van der Waals surface area contributed by atoms with Crippen LogP contribution in [0.25, 0.3) is 0 Å². The number of aryl methyl sites for hydroxylation is 2. The number of nitrogens with one attached hydrogen (secondary N) is 1. The summed E-state index contributed by atoms with van der Waals surface area (Å²) in [7, 11) is 0. The Labute approximate surface area is 106 Å². The molecule has 2 heterocycles. The van der Waals surface area contributed by atoms with Gasteiger partial charge in [0, 0.05) is 18.8 Å². The maximum absolute atomic E-state index is 11.6. The van der Waals surface area contributed by atoms with Gasteiger partial charge >= 0.3 is 0 Å². The first-order valence-electron chi connectivity index (χ1n) is 6.18. The van der Waals surface area contributed by atoms with Crippen LogP contribution in [0.5, 0.6) is 0 Å². The van der Waals surface area contributed by atoms with Crippen LogP contribution in [0.4, 0.5) is 5.69 Å². The van der Waals surface area contributed by atoms with Crippen LogP contribution in [0.3, 0.4) is 0 Å². The van der Waals surface area contributed by atoms with Crippen LogP contribution >= 0.6 is 0 Å². The molecule has 0 aliphatic heterocycles. The van der Waals surface area contributed by atoms with Gasteiger partial charge in [0.15, 0.2) is 0 Å². The number of rotatable bonds is 5. The average molecular weight is 246 g/mol. The zero-order chi connectivity index (χ0) is 13.0. The second-order valence-corrected chi connectivity index (χ2v) is 4.33. The Morgan fingerprint density at radius 2 is 2.17 bits per heavy atom. The number of hydrogen-bond donors (Lipinski definition) is 1. The van der Waals surface area contributed by atoms with Crippen LogP contribution in [-0.2, 0) is 13.1 Å². The molecule has 0 aromatic carbocycles. The maximum Gasteiger partial charge on any atom is 0.250 e. The SMILES string of the molecule is CCCn1cc(NCc2occc2C)ccc1=O. The molecule has 0 saturated heterocycles. The molecule has 0 unspecified atom stereocenters. The molecule has 0 saturated carbocycles. The number of anilines is 1. The van der Waals surface area contributed by atoms with E-state index in [4.69, 9.17) is 4.42 Å². The zero-order valence-corrected chi connectivity index (χ0v) is 10.8. The number of furan rings is 1. The van der Waals surface area contributed by atoms with Gasteiger partial charge in [0.25, 0.3) is 5.56 Å². The van der Waals surface area contributed by atoms with Crippen molar-refractivity contribution < 1.29 is 4.42 Å². The predicted octanol–water partition coefficient (Wildman–Crippen LogP) is 2.77. The van der Waals surface area contributed by atoms with E-state index in [2.05, 4.69) is 12.2 Å². The van der Waals surface area contributed by atoms with Crippen molar-refractivity contribution in [3.05, 3.63) is 52.3 Å². The third kappa shape index (κ3) is 2.83. The van der Waals surface area contributed by atoms with Gasteiger partial charge in [-0.05, 0) is 31.0 Å². The summed E-state index contributed by atoms with van der Waals surface area (Å²) in [6.07, 6.45) is 4.48. The van der Waals surface area contributed by atoms with Crippen LogP contribution in [0.15, 0.2) is 39.9 Å². The number of aromatic nitrogens is 1. The minimum Gasteiger partial charge on any atom is -0.467 e. The van der Waals surface area contributed by atoms with Crippen molar-refractivity contribution in [2.45, 2.75) is 33.4 Å². The van der Waals surface area contributed by atoms with E-state index < -0.39 is 0 Å². The minimum atomic E-state index is 0.0385.